The van der Waals surface area contributed by atoms with E-state index >= 15 is 0 Å². The molecule has 2 nitrogen and oxygen atoms in total. The molecule has 86 valence electrons. The lowest BCUT2D eigenvalue weighted by Crippen LogP contribution is -2.24. The first-order valence-electron chi connectivity index (χ1n) is 6.06. The van der Waals surface area contributed by atoms with E-state index in [4.69, 9.17) is 5.73 Å². The zero-order chi connectivity index (χ0) is 11.1. The fourth-order valence-corrected chi connectivity index (χ4v) is 2.37. The number of rotatable bonds is 4. The molecule has 0 radical (unpaired) electrons. The molecule has 1 aromatic rings. The standard InChI is InChI=1S/C13H17FN2/c14-10-2-1-3-11(12(10)15)16-13(8-4-5-8)9-6-7-9/h1-3,8-9,13,16H,4-7,15H2. The van der Waals surface area contributed by atoms with E-state index < -0.39 is 0 Å². The maximum Gasteiger partial charge on any atom is 0.148 e. The minimum atomic E-state index is -0.324. The van der Waals surface area contributed by atoms with E-state index in [2.05, 4.69) is 5.32 Å². The van der Waals surface area contributed by atoms with Gasteiger partial charge in [0.1, 0.15) is 5.82 Å². The second-order valence-electron chi connectivity index (χ2n) is 5.05. The number of hydrogen-bond donors (Lipinski definition) is 2. The first kappa shape index (κ1) is 9.94. The second kappa shape index (κ2) is 3.65. The summed E-state index contributed by atoms with van der Waals surface area (Å²) in [5.41, 5.74) is 6.76. The molecule has 2 fully saturated rings. The Hall–Kier alpha value is -1.25. The van der Waals surface area contributed by atoms with Crippen LogP contribution in [0.4, 0.5) is 15.8 Å². The molecule has 3 N–H and O–H groups in total. The van der Waals surface area contributed by atoms with Crippen molar-refractivity contribution in [1.82, 2.24) is 0 Å². The lowest BCUT2D eigenvalue weighted by Gasteiger charge is -2.20. The predicted octanol–water partition coefficient (Wildman–Crippen LogP) is 3.01. The van der Waals surface area contributed by atoms with Crippen LogP contribution in [0.5, 0.6) is 0 Å². The van der Waals surface area contributed by atoms with Crippen LogP contribution in [0.3, 0.4) is 0 Å². The monoisotopic (exact) mass is 220 g/mol. The lowest BCUT2D eigenvalue weighted by atomic mass is 10.1. The minimum absolute atomic E-state index is 0.258. The highest BCUT2D eigenvalue weighted by Gasteiger charge is 2.41. The van der Waals surface area contributed by atoms with Crippen molar-refractivity contribution in [2.45, 2.75) is 31.7 Å². The summed E-state index contributed by atoms with van der Waals surface area (Å²) in [6.07, 6.45) is 5.24. The van der Waals surface area contributed by atoms with Gasteiger partial charge in [0, 0.05) is 6.04 Å². The fraction of sp³-hybridized carbons (Fsp3) is 0.538. The van der Waals surface area contributed by atoms with Crippen LogP contribution >= 0.6 is 0 Å². The number of hydrogen-bond acceptors (Lipinski definition) is 2. The molecule has 1 aromatic carbocycles. The van der Waals surface area contributed by atoms with Gasteiger partial charge in [0.25, 0.3) is 0 Å². The molecule has 0 spiro atoms. The van der Waals surface area contributed by atoms with Crippen molar-refractivity contribution in [3.8, 4) is 0 Å². The van der Waals surface area contributed by atoms with Crippen molar-refractivity contribution in [3.63, 3.8) is 0 Å². The minimum Gasteiger partial charge on any atom is -0.395 e. The zero-order valence-corrected chi connectivity index (χ0v) is 9.25. The van der Waals surface area contributed by atoms with Crippen LogP contribution in [0.15, 0.2) is 18.2 Å². The molecule has 2 aliphatic rings. The summed E-state index contributed by atoms with van der Waals surface area (Å²) in [6, 6.07) is 5.51. The third-order valence-electron chi connectivity index (χ3n) is 3.63. The Morgan fingerprint density at radius 2 is 1.81 bits per heavy atom. The largest absolute Gasteiger partial charge is 0.395 e. The van der Waals surface area contributed by atoms with Crippen molar-refractivity contribution >= 4 is 11.4 Å². The van der Waals surface area contributed by atoms with E-state index in [0.29, 0.717) is 6.04 Å². The molecule has 3 heteroatoms. The van der Waals surface area contributed by atoms with Gasteiger partial charge in [-0.15, -0.1) is 0 Å². The molecular weight excluding hydrogens is 203 g/mol. The van der Waals surface area contributed by atoms with Crippen LogP contribution in [-0.4, -0.2) is 6.04 Å². The van der Waals surface area contributed by atoms with Gasteiger partial charge >= 0.3 is 0 Å². The summed E-state index contributed by atoms with van der Waals surface area (Å²) in [4.78, 5) is 0. The van der Waals surface area contributed by atoms with Crippen LogP contribution in [0.1, 0.15) is 25.7 Å². The third-order valence-corrected chi connectivity index (χ3v) is 3.63. The van der Waals surface area contributed by atoms with Gasteiger partial charge in [-0.1, -0.05) is 6.07 Å². The molecule has 0 bridgehead atoms. The van der Waals surface area contributed by atoms with E-state index in [1.165, 1.54) is 31.7 Å². The average Bonchev–Trinajstić information content (AvgIpc) is 3.15. The van der Waals surface area contributed by atoms with Crippen LogP contribution in [-0.2, 0) is 0 Å². The highest BCUT2D eigenvalue weighted by atomic mass is 19.1. The molecule has 0 saturated heterocycles. The van der Waals surface area contributed by atoms with Crippen LogP contribution in [0.25, 0.3) is 0 Å². The third kappa shape index (κ3) is 1.86. The topological polar surface area (TPSA) is 38.0 Å². The summed E-state index contributed by atoms with van der Waals surface area (Å²) in [7, 11) is 0. The highest BCUT2D eigenvalue weighted by Crippen LogP contribution is 2.46. The van der Waals surface area contributed by atoms with Gasteiger partial charge in [0.05, 0.1) is 11.4 Å². The summed E-state index contributed by atoms with van der Waals surface area (Å²) in [5.74, 6) is 1.25. The number of benzene rings is 1. The summed E-state index contributed by atoms with van der Waals surface area (Å²) in [6.45, 7) is 0. The highest BCUT2D eigenvalue weighted by molar-refractivity contribution is 5.67. The maximum absolute atomic E-state index is 13.3. The Labute approximate surface area is 95.0 Å². The van der Waals surface area contributed by atoms with E-state index in [1.54, 1.807) is 6.07 Å². The summed E-state index contributed by atoms with van der Waals surface area (Å²) < 4.78 is 13.3. The van der Waals surface area contributed by atoms with Crippen molar-refractivity contribution in [3.05, 3.63) is 24.0 Å². The van der Waals surface area contributed by atoms with Gasteiger partial charge in [-0.05, 0) is 49.7 Å². The molecule has 2 aliphatic carbocycles. The van der Waals surface area contributed by atoms with Crippen molar-refractivity contribution in [2.75, 3.05) is 11.1 Å². The molecule has 0 atom stereocenters. The predicted molar refractivity (Wildman–Crippen MR) is 63.7 cm³/mol. The van der Waals surface area contributed by atoms with Gasteiger partial charge in [0.15, 0.2) is 0 Å². The van der Waals surface area contributed by atoms with Crippen molar-refractivity contribution < 1.29 is 4.39 Å². The summed E-state index contributed by atoms with van der Waals surface area (Å²) >= 11 is 0. The lowest BCUT2D eigenvalue weighted by molar-refractivity contribution is 0.567. The van der Waals surface area contributed by atoms with Gasteiger partial charge in [-0.2, -0.15) is 0 Å². The van der Waals surface area contributed by atoms with Crippen LogP contribution < -0.4 is 11.1 Å². The molecule has 2 saturated carbocycles. The Kier molecular flexibility index (Phi) is 2.27. The van der Waals surface area contributed by atoms with Crippen molar-refractivity contribution in [2.24, 2.45) is 11.8 Å². The smallest absolute Gasteiger partial charge is 0.148 e. The molecular formula is C13H17FN2. The van der Waals surface area contributed by atoms with Crippen molar-refractivity contribution in [1.29, 1.82) is 0 Å². The van der Waals surface area contributed by atoms with E-state index in [0.717, 1.165) is 17.5 Å². The quantitative estimate of drug-likeness (QED) is 0.765. The molecule has 0 unspecified atom stereocenters. The first-order valence-corrected chi connectivity index (χ1v) is 6.06. The van der Waals surface area contributed by atoms with Gasteiger partial charge in [0.2, 0.25) is 0 Å². The van der Waals surface area contributed by atoms with Gasteiger partial charge in [-0.25, -0.2) is 4.39 Å². The van der Waals surface area contributed by atoms with Gasteiger partial charge in [-0.3, -0.25) is 0 Å². The average molecular weight is 220 g/mol. The van der Waals surface area contributed by atoms with Crippen LogP contribution in [0, 0.1) is 17.7 Å². The molecule has 16 heavy (non-hydrogen) atoms. The summed E-state index contributed by atoms with van der Waals surface area (Å²) in [5, 5.41) is 3.45. The first-order chi connectivity index (χ1) is 7.75. The Balaban J connectivity index is 1.78. The molecule has 0 aliphatic heterocycles. The maximum atomic E-state index is 13.3. The molecule has 0 heterocycles. The number of nitrogens with two attached hydrogens (primary N) is 1. The Morgan fingerprint density at radius 1 is 1.19 bits per heavy atom. The zero-order valence-electron chi connectivity index (χ0n) is 9.25. The normalized spacial score (nSPS) is 20.1. The SMILES string of the molecule is Nc1c(F)cccc1NC(C1CC1)C1CC1. The molecule has 0 amide bonds. The number of nitrogens with one attached hydrogen (secondary N) is 1. The van der Waals surface area contributed by atoms with Crippen LogP contribution in [0.2, 0.25) is 0 Å². The van der Waals surface area contributed by atoms with E-state index in [1.807, 2.05) is 6.07 Å². The van der Waals surface area contributed by atoms with Gasteiger partial charge < -0.3 is 11.1 Å². The number of nitrogen functional groups attached to an aromatic ring is 1. The number of halogens is 1. The second-order valence-corrected chi connectivity index (χ2v) is 5.05. The molecule has 3 rings (SSSR count). The van der Waals surface area contributed by atoms with E-state index in [-0.39, 0.29) is 11.5 Å². The number of anilines is 2. The Morgan fingerprint density at radius 3 is 2.38 bits per heavy atom. The van der Waals surface area contributed by atoms with E-state index in [9.17, 15) is 4.39 Å². The Bertz CT molecular complexity index is 385. The number of para-hydroxylation sites is 1. The molecule has 0 aromatic heterocycles. The fourth-order valence-electron chi connectivity index (χ4n) is 2.37.